The van der Waals surface area contributed by atoms with Crippen molar-refractivity contribution in [3.05, 3.63) is 35.9 Å². The van der Waals surface area contributed by atoms with Crippen LogP contribution in [0.25, 0.3) is 0 Å². The summed E-state index contributed by atoms with van der Waals surface area (Å²) >= 11 is 0. The molecule has 1 N–H and O–H groups in total. The number of esters is 1. The van der Waals surface area contributed by atoms with Gasteiger partial charge in [-0.2, -0.15) is 5.06 Å². The summed E-state index contributed by atoms with van der Waals surface area (Å²) in [7, 11) is 0. The molecular weight excluding hydrogens is 290 g/mol. The van der Waals surface area contributed by atoms with Gasteiger partial charge in [-0.3, -0.25) is 10.0 Å². The maximum absolute atomic E-state index is 11.9. The lowest BCUT2D eigenvalue weighted by atomic mass is 9.97. The summed E-state index contributed by atoms with van der Waals surface area (Å²) in [4.78, 5) is 35.4. The minimum Gasteiger partial charge on any atom is -0.464 e. The van der Waals surface area contributed by atoms with Crippen LogP contribution >= 0.6 is 0 Å². The third-order valence-corrected chi connectivity index (χ3v) is 3.16. The van der Waals surface area contributed by atoms with Crippen molar-refractivity contribution in [1.82, 2.24) is 5.06 Å². The first kappa shape index (κ1) is 17.6. The van der Waals surface area contributed by atoms with Gasteiger partial charge in [-0.15, -0.1) is 0 Å². The van der Waals surface area contributed by atoms with E-state index in [4.69, 9.17) is 9.47 Å². The van der Waals surface area contributed by atoms with E-state index in [0.717, 1.165) is 13.8 Å². The zero-order chi connectivity index (χ0) is 16.8. The van der Waals surface area contributed by atoms with Crippen LogP contribution in [0.1, 0.15) is 26.3 Å². The summed E-state index contributed by atoms with van der Waals surface area (Å²) < 4.78 is 9.62. The molecule has 120 valence electrons. The molecule has 0 aromatic heterocycles. The lowest BCUT2D eigenvalue weighted by Gasteiger charge is -2.31. The third kappa shape index (κ3) is 3.82. The topological polar surface area (TPSA) is 93.1 Å². The fraction of sp³-hybridized carbons (Fsp3) is 0.400. The Morgan fingerprint density at radius 3 is 2.27 bits per heavy atom. The van der Waals surface area contributed by atoms with Crippen molar-refractivity contribution >= 4 is 17.8 Å². The van der Waals surface area contributed by atoms with Gasteiger partial charge in [-0.25, -0.2) is 9.59 Å². The van der Waals surface area contributed by atoms with Crippen molar-refractivity contribution in [3.8, 4) is 0 Å². The van der Waals surface area contributed by atoms with Gasteiger partial charge >= 0.3 is 12.1 Å². The van der Waals surface area contributed by atoms with Crippen molar-refractivity contribution in [2.75, 3.05) is 6.61 Å². The zero-order valence-corrected chi connectivity index (χ0v) is 12.7. The fourth-order valence-corrected chi connectivity index (χ4v) is 1.61. The van der Waals surface area contributed by atoms with Gasteiger partial charge in [0.15, 0.2) is 5.78 Å². The molecule has 0 bridgehead atoms. The van der Waals surface area contributed by atoms with E-state index < -0.39 is 23.4 Å². The van der Waals surface area contributed by atoms with Crippen molar-refractivity contribution in [2.24, 2.45) is 0 Å². The highest BCUT2D eigenvalue weighted by atomic mass is 16.6. The van der Waals surface area contributed by atoms with Crippen LogP contribution in [-0.4, -0.2) is 40.3 Å². The molecule has 0 unspecified atom stereocenters. The zero-order valence-electron chi connectivity index (χ0n) is 12.7. The standard InChI is InChI=1S/C15H19NO6/c1-4-21-13(18)15(3,11(2)17)16(20)14(19)22-10-12-8-6-5-7-9-12/h5-9,20H,4,10H2,1-3H3/t15-/m1/s1. The SMILES string of the molecule is CCOC(=O)[C@@](C)(C(C)=O)N(O)C(=O)OCc1ccccc1. The van der Waals surface area contributed by atoms with E-state index >= 15 is 0 Å². The maximum Gasteiger partial charge on any atom is 0.435 e. The lowest BCUT2D eigenvalue weighted by Crippen LogP contribution is -2.58. The summed E-state index contributed by atoms with van der Waals surface area (Å²) in [5, 5.41) is 9.89. The van der Waals surface area contributed by atoms with E-state index in [2.05, 4.69) is 0 Å². The Morgan fingerprint density at radius 1 is 1.18 bits per heavy atom. The highest BCUT2D eigenvalue weighted by molar-refractivity contribution is 6.08. The van der Waals surface area contributed by atoms with Crippen LogP contribution < -0.4 is 0 Å². The number of ketones is 1. The molecule has 0 fully saturated rings. The molecule has 1 aromatic rings. The van der Waals surface area contributed by atoms with E-state index in [-0.39, 0.29) is 18.3 Å². The van der Waals surface area contributed by atoms with Crippen molar-refractivity contribution < 1.29 is 29.1 Å². The number of nitrogens with zero attached hydrogens (tertiary/aromatic N) is 1. The quantitative estimate of drug-likeness (QED) is 0.373. The summed E-state index contributed by atoms with van der Waals surface area (Å²) in [5.74, 6) is -1.77. The molecule has 0 saturated heterocycles. The molecule has 0 radical (unpaired) electrons. The van der Waals surface area contributed by atoms with E-state index in [1.165, 1.54) is 0 Å². The van der Waals surface area contributed by atoms with Crippen LogP contribution in [-0.2, 0) is 25.7 Å². The van der Waals surface area contributed by atoms with Gasteiger partial charge in [0.1, 0.15) is 6.61 Å². The molecule has 0 saturated carbocycles. The Balaban J connectivity index is 2.81. The second-order valence-electron chi connectivity index (χ2n) is 4.70. The van der Waals surface area contributed by atoms with Gasteiger partial charge in [-0.05, 0) is 26.3 Å². The number of amides is 1. The monoisotopic (exact) mass is 309 g/mol. The highest BCUT2D eigenvalue weighted by Crippen LogP contribution is 2.18. The Labute approximate surface area is 128 Å². The summed E-state index contributed by atoms with van der Waals surface area (Å²) in [5.41, 5.74) is -1.45. The number of hydrogen-bond donors (Lipinski definition) is 1. The number of hydroxylamine groups is 2. The van der Waals surface area contributed by atoms with Crippen LogP contribution in [0.5, 0.6) is 0 Å². The van der Waals surface area contributed by atoms with Gasteiger partial charge < -0.3 is 9.47 Å². The van der Waals surface area contributed by atoms with Crippen molar-refractivity contribution in [2.45, 2.75) is 32.9 Å². The Hall–Kier alpha value is -2.41. The Morgan fingerprint density at radius 2 is 1.77 bits per heavy atom. The number of benzene rings is 1. The van der Waals surface area contributed by atoms with Gasteiger partial charge in [0, 0.05) is 0 Å². The van der Waals surface area contributed by atoms with E-state index in [9.17, 15) is 19.6 Å². The number of ether oxygens (including phenoxy) is 2. The predicted molar refractivity (Wildman–Crippen MR) is 76.0 cm³/mol. The fourth-order valence-electron chi connectivity index (χ4n) is 1.61. The van der Waals surface area contributed by atoms with Crippen LogP contribution in [0, 0.1) is 0 Å². The molecular formula is C15H19NO6. The number of Topliss-reactive ketones (excluding diaryl/α,β-unsaturated/α-hetero) is 1. The average molecular weight is 309 g/mol. The lowest BCUT2D eigenvalue weighted by molar-refractivity contribution is -0.188. The number of hydrogen-bond acceptors (Lipinski definition) is 6. The molecule has 1 amide bonds. The van der Waals surface area contributed by atoms with Crippen molar-refractivity contribution in [3.63, 3.8) is 0 Å². The largest absolute Gasteiger partial charge is 0.464 e. The molecule has 0 aliphatic rings. The molecule has 22 heavy (non-hydrogen) atoms. The third-order valence-electron chi connectivity index (χ3n) is 3.16. The van der Waals surface area contributed by atoms with Gasteiger partial charge in [0.25, 0.3) is 0 Å². The van der Waals surface area contributed by atoms with Gasteiger partial charge in [-0.1, -0.05) is 30.3 Å². The highest BCUT2D eigenvalue weighted by Gasteiger charge is 2.49. The van der Waals surface area contributed by atoms with E-state index in [0.29, 0.717) is 5.56 Å². The maximum atomic E-state index is 11.9. The smallest absolute Gasteiger partial charge is 0.435 e. The second-order valence-corrected chi connectivity index (χ2v) is 4.70. The normalized spacial score (nSPS) is 12.9. The first-order valence-electron chi connectivity index (χ1n) is 6.72. The molecule has 7 heteroatoms. The van der Waals surface area contributed by atoms with Crippen LogP contribution in [0.4, 0.5) is 4.79 Å². The molecule has 0 spiro atoms. The molecule has 1 atom stereocenters. The number of rotatable bonds is 6. The number of carbonyl (C=O) groups excluding carboxylic acids is 3. The molecule has 1 rings (SSSR count). The van der Waals surface area contributed by atoms with Gasteiger partial charge in [0.05, 0.1) is 6.61 Å². The van der Waals surface area contributed by atoms with Gasteiger partial charge in [0.2, 0.25) is 5.54 Å². The Kier molecular flexibility index (Phi) is 6.06. The first-order valence-corrected chi connectivity index (χ1v) is 6.72. The van der Waals surface area contributed by atoms with E-state index in [1.807, 2.05) is 0 Å². The minimum atomic E-state index is -2.15. The predicted octanol–water partition coefficient (Wildman–Crippen LogP) is 1.93. The van der Waals surface area contributed by atoms with Crippen LogP contribution in [0.3, 0.4) is 0 Å². The second kappa shape index (κ2) is 7.56. The summed E-state index contributed by atoms with van der Waals surface area (Å²) in [6, 6.07) is 8.78. The number of carbonyl (C=O) groups is 3. The summed E-state index contributed by atoms with van der Waals surface area (Å²) in [6.07, 6.45) is -1.21. The Bertz CT molecular complexity index is 544. The average Bonchev–Trinajstić information content (AvgIpc) is 2.52. The molecule has 0 aliphatic heterocycles. The molecule has 0 aliphatic carbocycles. The molecule has 0 heterocycles. The van der Waals surface area contributed by atoms with Crippen LogP contribution in [0.2, 0.25) is 0 Å². The minimum absolute atomic E-state index is 0.00854. The molecule has 1 aromatic carbocycles. The summed E-state index contributed by atoms with van der Waals surface area (Å²) in [6.45, 7) is 3.62. The van der Waals surface area contributed by atoms with Crippen LogP contribution in [0.15, 0.2) is 30.3 Å². The van der Waals surface area contributed by atoms with Crippen molar-refractivity contribution in [1.29, 1.82) is 0 Å². The van der Waals surface area contributed by atoms with E-state index in [1.54, 1.807) is 37.3 Å². The first-order chi connectivity index (χ1) is 10.3. The molecule has 7 nitrogen and oxygen atoms in total.